The van der Waals surface area contributed by atoms with E-state index in [1.54, 1.807) is 0 Å². The fourth-order valence-corrected chi connectivity index (χ4v) is 2.99. The Morgan fingerprint density at radius 2 is 1.78 bits per heavy atom. The van der Waals surface area contributed by atoms with Gasteiger partial charge in [-0.25, -0.2) is 0 Å². The Bertz CT molecular complexity index is 778. The highest BCUT2D eigenvalue weighted by Crippen LogP contribution is 2.24. The van der Waals surface area contributed by atoms with Crippen molar-refractivity contribution >= 4 is 28.0 Å². The topological polar surface area (TPSA) is 55.6 Å². The lowest BCUT2D eigenvalue weighted by Gasteiger charge is -2.04. The second kappa shape index (κ2) is 7.40. The summed E-state index contributed by atoms with van der Waals surface area (Å²) in [6, 6.07) is 8.21. The maximum absolute atomic E-state index is 4.64. The number of nitrogens with zero attached hydrogens (tertiary/aromatic N) is 4. The predicted molar refractivity (Wildman–Crippen MR) is 95.7 cm³/mol. The second-order valence-corrected chi connectivity index (χ2v) is 6.08. The molecule has 0 atom stereocenters. The molecule has 0 aliphatic rings. The lowest BCUT2D eigenvalue weighted by atomic mass is 10.1. The monoisotopic (exact) mass is 311 g/mol. The first kappa shape index (κ1) is 15.7. The van der Waals surface area contributed by atoms with Gasteiger partial charge in [0.1, 0.15) is 5.52 Å². The highest BCUT2D eigenvalue weighted by atomic mass is 15.3. The van der Waals surface area contributed by atoms with Crippen LogP contribution in [0.5, 0.6) is 0 Å². The lowest BCUT2D eigenvalue weighted by molar-refractivity contribution is 0.616. The van der Waals surface area contributed by atoms with Gasteiger partial charge in [0.05, 0.1) is 5.52 Å². The van der Waals surface area contributed by atoms with Crippen molar-refractivity contribution in [1.29, 1.82) is 0 Å². The molecule has 0 amide bonds. The maximum Gasteiger partial charge on any atom is 0.244 e. The Morgan fingerprint density at radius 1 is 1.00 bits per heavy atom. The minimum Gasteiger partial charge on any atom is -0.353 e. The molecule has 0 unspecified atom stereocenters. The Labute approximate surface area is 137 Å². The number of aryl methyl sites for hydroxylation is 1. The van der Waals surface area contributed by atoms with Crippen LogP contribution in [0, 0.1) is 0 Å². The summed E-state index contributed by atoms with van der Waals surface area (Å²) in [6.45, 7) is 3.15. The van der Waals surface area contributed by atoms with Gasteiger partial charge in [-0.2, -0.15) is 4.98 Å². The number of unbranched alkanes of at least 4 members (excludes halogenated alkanes) is 5. The number of hydrogen-bond donors (Lipinski definition) is 1. The van der Waals surface area contributed by atoms with Crippen LogP contribution in [0.2, 0.25) is 0 Å². The molecule has 0 spiro atoms. The van der Waals surface area contributed by atoms with E-state index in [9.17, 15) is 0 Å². The molecule has 2 heterocycles. The third-order valence-corrected chi connectivity index (χ3v) is 4.32. The van der Waals surface area contributed by atoms with Crippen molar-refractivity contribution in [3.05, 3.63) is 24.3 Å². The molecular formula is C18H25N5. The Balaban J connectivity index is 1.64. The molecule has 3 aromatic rings. The minimum atomic E-state index is 0.622. The van der Waals surface area contributed by atoms with Crippen molar-refractivity contribution in [2.45, 2.75) is 45.4 Å². The molecule has 5 heteroatoms. The molecule has 1 aromatic carbocycles. The molecule has 0 aliphatic heterocycles. The van der Waals surface area contributed by atoms with Gasteiger partial charge in [0.15, 0.2) is 5.65 Å². The molecule has 0 bridgehead atoms. The quantitative estimate of drug-likeness (QED) is 0.631. The van der Waals surface area contributed by atoms with Gasteiger partial charge in [0.2, 0.25) is 5.95 Å². The van der Waals surface area contributed by atoms with Crippen molar-refractivity contribution in [3.8, 4) is 0 Å². The number of para-hydroxylation sites is 1. The molecule has 5 nitrogen and oxygen atoms in total. The summed E-state index contributed by atoms with van der Waals surface area (Å²) in [5.74, 6) is 0.622. The number of fused-ring (bicyclic) bond motifs is 3. The first-order chi connectivity index (χ1) is 11.3. The van der Waals surface area contributed by atoms with Gasteiger partial charge in [-0.15, -0.1) is 10.2 Å². The first-order valence-corrected chi connectivity index (χ1v) is 8.63. The van der Waals surface area contributed by atoms with E-state index in [-0.39, 0.29) is 0 Å². The van der Waals surface area contributed by atoms with E-state index in [1.807, 2.05) is 19.2 Å². The number of anilines is 1. The summed E-state index contributed by atoms with van der Waals surface area (Å²) < 4.78 is 2.08. The smallest absolute Gasteiger partial charge is 0.244 e. The molecule has 2 aromatic heterocycles. The van der Waals surface area contributed by atoms with Crippen molar-refractivity contribution in [1.82, 2.24) is 19.7 Å². The summed E-state index contributed by atoms with van der Waals surface area (Å²) in [4.78, 5) is 4.64. The highest BCUT2D eigenvalue weighted by molar-refractivity contribution is 6.04. The molecular weight excluding hydrogens is 286 g/mol. The van der Waals surface area contributed by atoms with Crippen molar-refractivity contribution in [2.75, 3.05) is 11.9 Å². The van der Waals surface area contributed by atoms with E-state index in [0.29, 0.717) is 5.95 Å². The molecule has 0 radical (unpaired) electrons. The molecule has 0 saturated heterocycles. The van der Waals surface area contributed by atoms with Gasteiger partial charge in [0, 0.05) is 19.0 Å². The lowest BCUT2D eigenvalue weighted by Crippen LogP contribution is -2.07. The van der Waals surface area contributed by atoms with Crippen LogP contribution in [-0.4, -0.2) is 26.3 Å². The van der Waals surface area contributed by atoms with Gasteiger partial charge in [0.25, 0.3) is 0 Å². The molecule has 1 N–H and O–H groups in total. The van der Waals surface area contributed by atoms with Gasteiger partial charge < -0.3 is 9.88 Å². The predicted octanol–water partition coefficient (Wildman–Crippen LogP) is 4.29. The minimum absolute atomic E-state index is 0.622. The Kier molecular flexibility index (Phi) is 5.05. The first-order valence-electron chi connectivity index (χ1n) is 8.63. The zero-order valence-corrected chi connectivity index (χ0v) is 14.0. The zero-order chi connectivity index (χ0) is 16.1. The molecule has 23 heavy (non-hydrogen) atoms. The number of hydrogen-bond acceptors (Lipinski definition) is 4. The summed E-state index contributed by atoms with van der Waals surface area (Å²) in [6.07, 6.45) is 7.71. The zero-order valence-electron chi connectivity index (χ0n) is 14.0. The van der Waals surface area contributed by atoms with Gasteiger partial charge in [-0.1, -0.05) is 57.2 Å². The van der Waals surface area contributed by atoms with Gasteiger partial charge in [-0.05, 0) is 12.5 Å². The molecule has 0 saturated carbocycles. The fraction of sp³-hybridized carbons (Fsp3) is 0.500. The van der Waals surface area contributed by atoms with Gasteiger partial charge >= 0.3 is 0 Å². The van der Waals surface area contributed by atoms with Crippen LogP contribution in [0.15, 0.2) is 24.3 Å². The Hall–Kier alpha value is -2.17. The van der Waals surface area contributed by atoms with Crippen molar-refractivity contribution in [3.63, 3.8) is 0 Å². The van der Waals surface area contributed by atoms with Crippen LogP contribution < -0.4 is 5.32 Å². The standard InChI is InChI=1S/C18H25N5/c1-3-4-5-6-7-10-13-19-18-20-17-16(21-22-18)14-11-8-9-12-15(14)23(17)2/h8-9,11-12H,3-7,10,13H2,1-2H3,(H,19,20,22). The molecule has 3 rings (SSSR count). The Morgan fingerprint density at radius 3 is 2.65 bits per heavy atom. The normalized spacial score (nSPS) is 11.4. The molecule has 0 aliphatic carbocycles. The maximum atomic E-state index is 4.64. The number of nitrogens with one attached hydrogen (secondary N) is 1. The average molecular weight is 311 g/mol. The van der Waals surface area contributed by atoms with Crippen LogP contribution in [0.3, 0.4) is 0 Å². The fourth-order valence-electron chi connectivity index (χ4n) is 2.99. The SMILES string of the molecule is CCCCCCCCNc1nnc2c3ccccc3n(C)c2n1. The molecule has 0 fully saturated rings. The van der Waals surface area contributed by atoms with Crippen molar-refractivity contribution in [2.24, 2.45) is 7.05 Å². The summed E-state index contributed by atoms with van der Waals surface area (Å²) >= 11 is 0. The summed E-state index contributed by atoms with van der Waals surface area (Å²) in [5.41, 5.74) is 2.89. The summed E-state index contributed by atoms with van der Waals surface area (Å²) in [5, 5.41) is 13.0. The third-order valence-electron chi connectivity index (χ3n) is 4.32. The van der Waals surface area contributed by atoms with Crippen molar-refractivity contribution < 1.29 is 0 Å². The van der Waals surface area contributed by atoms with E-state index in [2.05, 4.69) is 44.1 Å². The average Bonchev–Trinajstić information content (AvgIpc) is 2.87. The number of benzene rings is 1. The van der Waals surface area contributed by atoms with Crippen LogP contribution in [0.4, 0.5) is 5.95 Å². The number of rotatable bonds is 8. The largest absolute Gasteiger partial charge is 0.353 e. The number of aromatic nitrogens is 4. The van der Waals surface area contributed by atoms with E-state index < -0.39 is 0 Å². The van der Waals surface area contributed by atoms with E-state index in [0.717, 1.165) is 35.0 Å². The summed E-state index contributed by atoms with van der Waals surface area (Å²) in [7, 11) is 2.02. The van der Waals surface area contributed by atoms with Crippen LogP contribution in [0.25, 0.3) is 22.1 Å². The third kappa shape index (κ3) is 3.44. The molecule has 122 valence electrons. The van der Waals surface area contributed by atoms with Crippen LogP contribution in [0.1, 0.15) is 45.4 Å². The van der Waals surface area contributed by atoms with E-state index in [1.165, 1.54) is 32.1 Å². The van der Waals surface area contributed by atoms with Crippen LogP contribution >= 0.6 is 0 Å². The van der Waals surface area contributed by atoms with Crippen LogP contribution in [-0.2, 0) is 7.05 Å². The second-order valence-electron chi connectivity index (χ2n) is 6.08. The van der Waals surface area contributed by atoms with Gasteiger partial charge in [-0.3, -0.25) is 0 Å². The highest BCUT2D eigenvalue weighted by Gasteiger charge is 2.11. The van der Waals surface area contributed by atoms with E-state index in [4.69, 9.17) is 0 Å². The van der Waals surface area contributed by atoms with E-state index >= 15 is 0 Å².